The van der Waals surface area contributed by atoms with Crippen LogP contribution in [0.2, 0.25) is 5.02 Å². The van der Waals surface area contributed by atoms with Crippen molar-refractivity contribution in [3.05, 3.63) is 70.0 Å². The summed E-state index contributed by atoms with van der Waals surface area (Å²) < 4.78 is 13.6. The van der Waals surface area contributed by atoms with E-state index in [4.69, 9.17) is 11.6 Å². The first-order valence-corrected chi connectivity index (χ1v) is 6.60. The SMILES string of the molecule is Cc1cccc(CC(O)Cc2cc(Cl)ccc2F)c1. The van der Waals surface area contributed by atoms with Crippen molar-refractivity contribution in [3.8, 4) is 0 Å². The molecule has 0 bridgehead atoms. The molecule has 0 amide bonds. The van der Waals surface area contributed by atoms with Gasteiger partial charge >= 0.3 is 0 Å². The normalized spacial score (nSPS) is 12.4. The summed E-state index contributed by atoms with van der Waals surface area (Å²) in [7, 11) is 0. The smallest absolute Gasteiger partial charge is 0.126 e. The predicted octanol–water partition coefficient (Wildman–Crippen LogP) is 3.93. The lowest BCUT2D eigenvalue weighted by Crippen LogP contribution is -2.15. The Morgan fingerprint density at radius 1 is 1.16 bits per heavy atom. The van der Waals surface area contributed by atoms with E-state index in [1.54, 1.807) is 6.07 Å². The summed E-state index contributed by atoms with van der Waals surface area (Å²) >= 11 is 5.83. The van der Waals surface area contributed by atoms with E-state index >= 15 is 0 Å². The van der Waals surface area contributed by atoms with Gasteiger partial charge in [-0.05, 0) is 42.7 Å². The van der Waals surface area contributed by atoms with Crippen molar-refractivity contribution in [2.24, 2.45) is 0 Å². The molecule has 1 atom stereocenters. The molecule has 2 rings (SSSR count). The van der Waals surface area contributed by atoms with Crippen LogP contribution in [0.15, 0.2) is 42.5 Å². The number of aliphatic hydroxyl groups is 1. The molecule has 0 aliphatic carbocycles. The molecule has 0 saturated carbocycles. The summed E-state index contributed by atoms with van der Waals surface area (Å²) in [5.41, 5.74) is 2.65. The van der Waals surface area contributed by atoms with Crippen LogP contribution >= 0.6 is 11.6 Å². The van der Waals surface area contributed by atoms with Gasteiger partial charge in [0.1, 0.15) is 5.82 Å². The second kappa shape index (κ2) is 6.18. The molecule has 1 N–H and O–H groups in total. The molecular formula is C16H16ClFO. The number of rotatable bonds is 4. The standard InChI is InChI=1S/C16H16ClFO/c1-11-3-2-4-12(7-11)8-15(19)10-13-9-14(17)5-6-16(13)18/h2-7,9,15,19H,8,10H2,1H3. The third kappa shape index (κ3) is 4.05. The molecule has 2 aromatic carbocycles. The molecule has 100 valence electrons. The van der Waals surface area contributed by atoms with Crippen LogP contribution in [-0.4, -0.2) is 11.2 Å². The Morgan fingerprint density at radius 2 is 1.95 bits per heavy atom. The molecular weight excluding hydrogens is 263 g/mol. The largest absolute Gasteiger partial charge is 0.392 e. The number of hydrogen-bond donors (Lipinski definition) is 1. The summed E-state index contributed by atoms with van der Waals surface area (Å²) in [5, 5.41) is 10.5. The lowest BCUT2D eigenvalue weighted by Gasteiger charge is -2.12. The minimum absolute atomic E-state index is 0.264. The molecule has 0 fully saturated rings. The fourth-order valence-corrected chi connectivity index (χ4v) is 2.33. The summed E-state index contributed by atoms with van der Waals surface area (Å²) in [6.07, 6.45) is 0.156. The van der Waals surface area contributed by atoms with Crippen LogP contribution < -0.4 is 0 Å². The van der Waals surface area contributed by atoms with Gasteiger partial charge in [-0.2, -0.15) is 0 Å². The molecule has 0 radical (unpaired) electrons. The van der Waals surface area contributed by atoms with Gasteiger partial charge in [-0.1, -0.05) is 41.4 Å². The van der Waals surface area contributed by atoms with Gasteiger partial charge in [-0.15, -0.1) is 0 Å². The van der Waals surface area contributed by atoms with Gasteiger partial charge in [0.15, 0.2) is 0 Å². The fraction of sp³-hybridized carbons (Fsp3) is 0.250. The lowest BCUT2D eigenvalue weighted by molar-refractivity contribution is 0.174. The molecule has 19 heavy (non-hydrogen) atoms. The highest BCUT2D eigenvalue weighted by Gasteiger charge is 2.11. The second-order valence-electron chi connectivity index (χ2n) is 4.79. The van der Waals surface area contributed by atoms with Gasteiger partial charge in [-0.25, -0.2) is 4.39 Å². The fourth-order valence-electron chi connectivity index (χ4n) is 2.14. The summed E-state index contributed by atoms with van der Waals surface area (Å²) in [6.45, 7) is 2.01. The van der Waals surface area contributed by atoms with Gasteiger partial charge in [0.05, 0.1) is 6.10 Å². The Kier molecular flexibility index (Phi) is 4.56. The maximum Gasteiger partial charge on any atom is 0.126 e. The Morgan fingerprint density at radius 3 is 2.68 bits per heavy atom. The first-order chi connectivity index (χ1) is 9.04. The lowest BCUT2D eigenvalue weighted by atomic mass is 10.00. The quantitative estimate of drug-likeness (QED) is 0.898. The summed E-state index contributed by atoms with van der Waals surface area (Å²) in [4.78, 5) is 0. The van der Waals surface area contributed by atoms with Gasteiger partial charge in [-0.3, -0.25) is 0 Å². The van der Waals surface area contributed by atoms with E-state index in [-0.39, 0.29) is 12.2 Å². The third-order valence-electron chi connectivity index (χ3n) is 3.02. The third-order valence-corrected chi connectivity index (χ3v) is 3.25. The average Bonchev–Trinajstić information content (AvgIpc) is 2.34. The predicted molar refractivity (Wildman–Crippen MR) is 76.0 cm³/mol. The molecule has 0 aliphatic heterocycles. The van der Waals surface area contributed by atoms with E-state index in [0.717, 1.165) is 11.1 Å². The zero-order valence-electron chi connectivity index (χ0n) is 10.7. The molecule has 0 aliphatic rings. The van der Waals surface area contributed by atoms with Gasteiger partial charge in [0.2, 0.25) is 0 Å². The summed E-state index contributed by atoms with van der Waals surface area (Å²) in [5.74, 6) is -0.326. The van der Waals surface area contributed by atoms with Gasteiger partial charge in [0, 0.05) is 11.4 Å². The maximum atomic E-state index is 13.6. The molecule has 0 heterocycles. The van der Waals surface area contributed by atoms with E-state index < -0.39 is 6.10 Å². The van der Waals surface area contributed by atoms with Crippen molar-refractivity contribution in [3.63, 3.8) is 0 Å². The zero-order chi connectivity index (χ0) is 13.8. The monoisotopic (exact) mass is 278 g/mol. The van der Waals surface area contributed by atoms with Crippen LogP contribution in [0.25, 0.3) is 0 Å². The van der Waals surface area contributed by atoms with Crippen molar-refractivity contribution in [1.29, 1.82) is 0 Å². The highest BCUT2D eigenvalue weighted by Crippen LogP contribution is 2.18. The van der Waals surface area contributed by atoms with Crippen LogP contribution in [-0.2, 0) is 12.8 Å². The van der Waals surface area contributed by atoms with E-state index in [9.17, 15) is 9.50 Å². The summed E-state index contributed by atoms with van der Waals surface area (Å²) in [6, 6.07) is 12.4. The van der Waals surface area contributed by atoms with Crippen LogP contribution in [0.5, 0.6) is 0 Å². The van der Waals surface area contributed by atoms with Crippen molar-refractivity contribution in [2.75, 3.05) is 0 Å². The van der Waals surface area contributed by atoms with E-state index in [2.05, 4.69) is 0 Å². The van der Waals surface area contributed by atoms with Crippen molar-refractivity contribution < 1.29 is 9.50 Å². The Balaban J connectivity index is 2.05. The highest BCUT2D eigenvalue weighted by atomic mass is 35.5. The Bertz CT molecular complexity index is 568. The molecule has 0 spiro atoms. The molecule has 0 saturated heterocycles. The van der Waals surface area contributed by atoms with Gasteiger partial charge in [0.25, 0.3) is 0 Å². The minimum atomic E-state index is -0.616. The Labute approximate surface area is 117 Å². The number of aliphatic hydroxyl groups excluding tert-OH is 1. The van der Waals surface area contributed by atoms with Crippen molar-refractivity contribution in [1.82, 2.24) is 0 Å². The number of aryl methyl sites for hydroxylation is 1. The Hall–Kier alpha value is -1.38. The molecule has 0 aromatic heterocycles. The minimum Gasteiger partial charge on any atom is -0.392 e. The first kappa shape index (κ1) is 14.0. The second-order valence-corrected chi connectivity index (χ2v) is 5.22. The van der Waals surface area contributed by atoms with Crippen LogP contribution in [0.4, 0.5) is 4.39 Å². The number of benzene rings is 2. The highest BCUT2D eigenvalue weighted by molar-refractivity contribution is 6.30. The van der Waals surface area contributed by atoms with Crippen LogP contribution in [0.1, 0.15) is 16.7 Å². The maximum absolute atomic E-state index is 13.6. The topological polar surface area (TPSA) is 20.2 Å². The zero-order valence-corrected chi connectivity index (χ0v) is 11.5. The molecule has 3 heteroatoms. The van der Waals surface area contributed by atoms with Crippen LogP contribution in [0.3, 0.4) is 0 Å². The molecule has 1 unspecified atom stereocenters. The van der Waals surface area contributed by atoms with Gasteiger partial charge < -0.3 is 5.11 Å². The van der Waals surface area contributed by atoms with E-state index in [0.29, 0.717) is 17.0 Å². The average molecular weight is 279 g/mol. The first-order valence-electron chi connectivity index (χ1n) is 6.22. The van der Waals surface area contributed by atoms with Crippen molar-refractivity contribution >= 4 is 11.6 Å². The van der Waals surface area contributed by atoms with E-state index in [1.165, 1.54) is 12.1 Å². The number of halogens is 2. The van der Waals surface area contributed by atoms with E-state index in [1.807, 2.05) is 31.2 Å². The van der Waals surface area contributed by atoms with Crippen LogP contribution in [0, 0.1) is 12.7 Å². The molecule has 2 aromatic rings. The molecule has 1 nitrogen and oxygen atoms in total. The number of hydrogen-bond acceptors (Lipinski definition) is 1. The van der Waals surface area contributed by atoms with Crippen molar-refractivity contribution in [2.45, 2.75) is 25.9 Å².